The Morgan fingerprint density at radius 2 is 2.08 bits per heavy atom. The molecule has 0 spiro atoms. The first-order chi connectivity index (χ1) is 5.77. The van der Waals surface area contributed by atoms with Gasteiger partial charge in [-0.15, -0.1) is 11.3 Å². The smallest absolute Gasteiger partial charge is 0.0907 e. The Morgan fingerprint density at radius 1 is 1.33 bits per heavy atom. The SMILES string of the molecule is C\C=C/C=c1/nc(C)s/c1=C/C. The van der Waals surface area contributed by atoms with Gasteiger partial charge in [-0.05, 0) is 26.8 Å². The second-order valence-electron chi connectivity index (χ2n) is 2.46. The summed E-state index contributed by atoms with van der Waals surface area (Å²) in [5, 5.41) is 2.21. The highest BCUT2D eigenvalue weighted by atomic mass is 32.1. The monoisotopic (exact) mass is 179 g/mol. The van der Waals surface area contributed by atoms with Gasteiger partial charge in [0.15, 0.2) is 0 Å². The molecule has 64 valence electrons. The van der Waals surface area contributed by atoms with Crippen LogP contribution < -0.4 is 9.88 Å². The lowest BCUT2D eigenvalue weighted by Crippen LogP contribution is -2.19. The minimum absolute atomic E-state index is 1.08. The Kier molecular flexibility index (Phi) is 3.23. The molecule has 0 unspecified atom stereocenters. The van der Waals surface area contributed by atoms with E-state index in [2.05, 4.69) is 11.1 Å². The zero-order valence-electron chi connectivity index (χ0n) is 7.66. The van der Waals surface area contributed by atoms with Crippen molar-refractivity contribution >= 4 is 23.5 Å². The number of thiazole rings is 1. The topological polar surface area (TPSA) is 12.9 Å². The van der Waals surface area contributed by atoms with Crippen LogP contribution in [0.5, 0.6) is 0 Å². The van der Waals surface area contributed by atoms with Gasteiger partial charge in [0.1, 0.15) is 0 Å². The van der Waals surface area contributed by atoms with E-state index in [0.717, 1.165) is 10.4 Å². The standard InChI is InChI=1S/C10H13NS/c1-4-6-7-9-10(5-2)12-8(3)11-9/h4-7H,1-3H3/b6-4-,9-7+,10-5+. The van der Waals surface area contributed by atoms with Gasteiger partial charge in [-0.1, -0.05) is 18.2 Å². The van der Waals surface area contributed by atoms with Crippen LogP contribution in [0, 0.1) is 6.92 Å². The average molecular weight is 179 g/mol. The number of aromatic nitrogens is 1. The maximum absolute atomic E-state index is 4.40. The van der Waals surface area contributed by atoms with Gasteiger partial charge in [-0.25, -0.2) is 4.98 Å². The van der Waals surface area contributed by atoms with Gasteiger partial charge >= 0.3 is 0 Å². The fourth-order valence-corrected chi connectivity index (χ4v) is 1.77. The third-order valence-electron chi connectivity index (χ3n) is 1.50. The summed E-state index contributed by atoms with van der Waals surface area (Å²) >= 11 is 1.73. The Labute approximate surface area is 76.8 Å². The molecule has 0 aliphatic rings. The highest BCUT2D eigenvalue weighted by Gasteiger charge is 1.90. The summed E-state index contributed by atoms with van der Waals surface area (Å²) in [5.74, 6) is 0. The number of hydrogen-bond donors (Lipinski definition) is 0. The molecule has 0 aliphatic heterocycles. The Balaban J connectivity index is 3.32. The summed E-state index contributed by atoms with van der Waals surface area (Å²) in [6.45, 7) is 6.08. The van der Waals surface area contributed by atoms with Crippen LogP contribution in [0.1, 0.15) is 18.9 Å². The van der Waals surface area contributed by atoms with Crippen molar-refractivity contribution in [2.75, 3.05) is 0 Å². The lowest BCUT2D eigenvalue weighted by atomic mass is 10.4. The van der Waals surface area contributed by atoms with Crippen LogP contribution in [0.25, 0.3) is 12.2 Å². The summed E-state index contributed by atoms with van der Waals surface area (Å²) in [7, 11) is 0. The summed E-state index contributed by atoms with van der Waals surface area (Å²) in [6.07, 6.45) is 8.16. The quantitative estimate of drug-likeness (QED) is 0.638. The Hall–Kier alpha value is -0.890. The van der Waals surface area contributed by atoms with E-state index >= 15 is 0 Å². The van der Waals surface area contributed by atoms with E-state index in [1.165, 1.54) is 4.53 Å². The van der Waals surface area contributed by atoms with Crippen molar-refractivity contribution in [2.45, 2.75) is 20.8 Å². The maximum atomic E-state index is 4.40. The normalized spacial score (nSPS) is 14.9. The summed E-state index contributed by atoms with van der Waals surface area (Å²) < 4.78 is 1.26. The van der Waals surface area contributed by atoms with Crippen LogP contribution >= 0.6 is 11.3 Å². The minimum atomic E-state index is 1.08. The molecule has 0 saturated heterocycles. The molecule has 0 aromatic carbocycles. The van der Waals surface area contributed by atoms with Crippen molar-refractivity contribution in [3.05, 3.63) is 27.0 Å². The second kappa shape index (κ2) is 4.21. The van der Waals surface area contributed by atoms with Crippen LogP contribution in [-0.4, -0.2) is 4.98 Å². The predicted octanol–water partition coefficient (Wildman–Crippen LogP) is 1.61. The van der Waals surface area contributed by atoms with Crippen LogP contribution in [-0.2, 0) is 0 Å². The molecule has 1 aromatic rings. The Bertz CT molecular complexity index is 384. The van der Waals surface area contributed by atoms with E-state index < -0.39 is 0 Å². The van der Waals surface area contributed by atoms with Gasteiger partial charge in [0.25, 0.3) is 0 Å². The molecule has 0 radical (unpaired) electrons. The largest absolute Gasteiger partial charge is 0.242 e. The molecular formula is C10H13NS. The first-order valence-electron chi connectivity index (χ1n) is 4.00. The highest BCUT2D eigenvalue weighted by molar-refractivity contribution is 7.09. The molecule has 0 N–H and O–H groups in total. The molecule has 0 atom stereocenters. The van der Waals surface area contributed by atoms with E-state index in [4.69, 9.17) is 0 Å². The van der Waals surface area contributed by atoms with Crippen molar-refractivity contribution in [3.8, 4) is 0 Å². The summed E-state index contributed by atoms with van der Waals surface area (Å²) in [5.41, 5.74) is 0. The molecule has 0 fully saturated rings. The molecular weight excluding hydrogens is 166 g/mol. The summed E-state index contributed by atoms with van der Waals surface area (Å²) in [6, 6.07) is 0. The van der Waals surface area contributed by atoms with E-state index in [1.54, 1.807) is 11.3 Å². The molecule has 0 amide bonds. The van der Waals surface area contributed by atoms with Crippen molar-refractivity contribution in [3.63, 3.8) is 0 Å². The fraction of sp³-hybridized carbons (Fsp3) is 0.300. The van der Waals surface area contributed by atoms with Crippen LogP contribution in [0.15, 0.2) is 12.2 Å². The first-order valence-corrected chi connectivity index (χ1v) is 4.82. The molecule has 1 rings (SSSR count). The lowest BCUT2D eigenvalue weighted by molar-refractivity contribution is 1.23. The number of hydrogen-bond acceptors (Lipinski definition) is 2. The van der Waals surface area contributed by atoms with Crippen molar-refractivity contribution in [1.29, 1.82) is 0 Å². The zero-order valence-corrected chi connectivity index (χ0v) is 8.48. The third kappa shape index (κ3) is 2.05. The van der Waals surface area contributed by atoms with Crippen LogP contribution in [0.3, 0.4) is 0 Å². The van der Waals surface area contributed by atoms with E-state index in [1.807, 2.05) is 39.0 Å². The molecule has 0 aliphatic carbocycles. The third-order valence-corrected chi connectivity index (χ3v) is 2.55. The van der Waals surface area contributed by atoms with E-state index in [9.17, 15) is 0 Å². The number of aryl methyl sites for hydroxylation is 1. The number of rotatable bonds is 1. The van der Waals surface area contributed by atoms with Gasteiger partial charge in [-0.2, -0.15) is 0 Å². The predicted molar refractivity (Wildman–Crippen MR) is 55.5 cm³/mol. The lowest BCUT2D eigenvalue weighted by Gasteiger charge is -1.73. The molecule has 2 heteroatoms. The maximum Gasteiger partial charge on any atom is 0.0907 e. The molecule has 0 saturated carbocycles. The number of nitrogens with zero attached hydrogens (tertiary/aromatic N) is 1. The highest BCUT2D eigenvalue weighted by Crippen LogP contribution is 1.90. The van der Waals surface area contributed by atoms with Gasteiger partial charge in [0, 0.05) is 0 Å². The van der Waals surface area contributed by atoms with Crippen molar-refractivity contribution in [2.24, 2.45) is 0 Å². The number of allylic oxidation sites excluding steroid dienone is 2. The molecule has 1 nitrogen and oxygen atoms in total. The molecule has 12 heavy (non-hydrogen) atoms. The molecule has 0 bridgehead atoms. The molecule has 1 aromatic heterocycles. The van der Waals surface area contributed by atoms with Crippen LogP contribution in [0.2, 0.25) is 0 Å². The second-order valence-corrected chi connectivity index (χ2v) is 3.70. The van der Waals surface area contributed by atoms with Gasteiger partial charge in [0.05, 0.1) is 14.9 Å². The minimum Gasteiger partial charge on any atom is -0.242 e. The van der Waals surface area contributed by atoms with E-state index in [0.29, 0.717) is 0 Å². The molecule has 1 heterocycles. The zero-order chi connectivity index (χ0) is 8.97. The summed E-state index contributed by atoms with van der Waals surface area (Å²) in [4.78, 5) is 4.40. The van der Waals surface area contributed by atoms with Crippen molar-refractivity contribution in [1.82, 2.24) is 4.98 Å². The van der Waals surface area contributed by atoms with Crippen LogP contribution in [0.4, 0.5) is 0 Å². The van der Waals surface area contributed by atoms with E-state index in [-0.39, 0.29) is 0 Å². The van der Waals surface area contributed by atoms with Gasteiger partial charge in [0.2, 0.25) is 0 Å². The average Bonchev–Trinajstić information content (AvgIpc) is 2.42. The van der Waals surface area contributed by atoms with Gasteiger partial charge < -0.3 is 0 Å². The first kappa shape index (κ1) is 9.20. The fourth-order valence-electron chi connectivity index (χ4n) is 0.973. The Morgan fingerprint density at radius 3 is 2.67 bits per heavy atom. The van der Waals surface area contributed by atoms with Crippen molar-refractivity contribution < 1.29 is 0 Å². The van der Waals surface area contributed by atoms with Gasteiger partial charge in [-0.3, -0.25) is 0 Å².